The molecule has 0 bridgehead atoms. The molecule has 1 heterocycles. The second kappa shape index (κ2) is 8.35. The molecule has 1 unspecified atom stereocenters. The normalized spacial score (nSPS) is 17.6. The Kier molecular flexibility index (Phi) is 5.57. The lowest BCUT2D eigenvalue weighted by atomic mass is 9.93. The number of rotatable bonds is 4. The van der Waals surface area contributed by atoms with E-state index >= 15 is 0 Å². The van der Waals surface area contributed by atoms with Gasteiger partial charge in [-0.3, -0.25) is 14.5 Å². The van der Waals surface area contributed by atoms with E-state index in [4.69, 9.17) is 4.74 Å². The molecule has 32 heavy (non-hydrogen) atoms. The van der Waals surface area contributed by atoms with E-state index in [0.717, 1.165) is 22.3 Å². The molecule has 5 heteroatoms. The number of anilines is 1. The summed E-state index contributed by atoms with van der Waals surface area (Å²) in [6.07, 6.45) is 0. The molecule has 1 aliphatic rings. The van der Waals surface area contributed by atoms with Crippen molar-refractivity contribution < 1.29 is 19.4 Å². The van der Waals surface area contributed by atoms with Crippen molar-refractivity contribution in [1.82, 2.24) is 0 Å². The fourth-order valence-corrected chi connectivity index (χ4v) is 4.30. The van der Waals surface area contributed by atoms with Gasteiger partial charge in [0.15, 0.2) is 0 Å². The largest absolute Gasteiger partial charge is 0.507 e. The van der Waals surface area contributed by atoms with Gasteiger partial charge in [-0.2, -0.15) is 0 Å². The fourth-order valence-electron chi connectivity index (χ4n) is 4.30. The molecule has 1 aliphatic heterocycles. The number of methoxy groups -OCH3 is 1. The van der Waals surface area contributed by atoms with E-state index in [9.17, 15) is 14.7 Å². The van der Waals surface area contributed by atoms with Crippen LogP contribution in [0.5, 0.6) is 5.75 Å². The Morgan fingerprint density at radius 1 is 0.906 bits per heavy atom. The minimum atomic E-state index is -0.760. The summed E-state index contributed by atoms with van der Waals surface area (Å²) in [5.41, 5.74) is 4.56. The van der Waals surface area contributed by atoms with Gasteiger partial charge in [-0.1, -0.05) is 54.1 Å². The van der Waals surface area contributed by atoms with Crippen LogP contribution in [0.15, 0.2) is 72.3 Å². The lowest BCUT2D eigenvalue weighted by molar-refractivity contribution is -0.132. The van der Waals surface area contributed by atoms with Crippen LogP contribution in [0.2, 0.25) is 0 Å². The number of hydrogen-bond donors (Lipinski definition) is 1. The minimum Gasteiger partial charge on any atom is -0.507 e. The van der Waals surface area contributed by atoms with E-state index in [0.29, 0.717) is 17.0 Å². The van der Waals surface area contributed by atoms with E-state index in [-0.39, 0.29) is 11.3 Å². The van der Waals surface area contributed by atoms with Crippen LogP contribution in [-0.2, 0) is 9.59 Å². The molecule has 0 aliphatic carbocycles. The number of ether oxygens (including phenoxy) is 1. The highest BCUT2D eigenvalue weighted by molar-refractivity contribution is 6.51. The third-order valence-corrected chi connectivity index (χ3v) is 5.75. The molecule has 1 fully saturated rings. The Bertz CT molecular complexity index is 1230. The number of aliphatic hydroxyl groups excluding tert-OH is 1. The van der Waals surface area contributed by atoms with Gasteiger partial charge in [0.05, 0.1) is 24.3 Å². The van der Waals surface area contributed by atoms with E-state index in [1.54, 1.807) is 6.07 Å². The van der Waals surface area contributed by atoms with Crippen molar-refractivity contribution in [2.45, 2.75) is 26.8 Å². The second-order valence-corrected chi connectivity index (χ2v) is 8.08. The molecule has 5 nitrogen and oxygen atoms in total. The lowest BCUT2D eigenvalue weighted by Gasteiger charge is -2.25. The molecule has 1 amide bonds. The van der Waals surface area contributed by atoms with Gasteiger partial charge in [-0.05, 0) is 55.7 Å². The number of hydrogen-bond acceptors (Lipinski definition) is 4. The van der Waals surface area contributed by atoms with E-state index in [2.05, 4.69) is 0 Å². The second-order valence-electron chi connectivity index (χ2n) is 8.08. The topological polar surface area (TPSA) is 66.8 Å². The number of aryl methyl sites for hydroxylation is 3. The summed E-state index contributed by atoms with van der Waals surface area (Å²) in [5.74, 6) is -1.16. The molecule has 0 radical (unpaired) electrons. The molecule has 0 aromatic heterocycles. The molecule has 4 rings (SSSR count). The number of Topliss-reactive ketones (excluding diaryl/α,β-unsaturated/α-hetero) is 1. The first-order valence-corrected chi connectivity index (χ1v) is 10.4. The van der Waals surface area contributed by atoms with Crippen molar-refractivity contribution in [2.24, 2.45) is 0 Å². The molecule has 3 aromatic rings. The molecule has 1 atom stereocenters. The zero-order valence-corrected chi connectivity index (χ0v) is 18.5. The van der Waals surface area contributed by atoms with Crippen LogP contribution in [0.1, 0.15) is 33.9 Å². The lowest BCUT2D eigenvalue weighted by Crippen LogP contribution is -2.29. The summed E-state index contributed by atoms with van der Waals surface area (Å²) in [7, 11) is 1.52. The molecular weight excluding hydrogens is 402 g/mol. The van der Waals surface area contributed by atoms with Crippen LogP contribution < -0.4 is 9.64 Å². The Morgan fingerprint density at radius 2 is 1.56 bits per heavy atom. The Hall–Kier alpha value is -3.86. The fraction of sp³-hybridized carbons (Fsp3) is 0.185. The molecule has 1 saturated heterocycles. The predicted molar refractivity (Wildman–Crippen MR) is 125 cm³/mol. The summed E-state index contributed by atoms with van der Waals surface area (Å²) < 4.78 is 5.54. The van der Waals surface area contributed by atoms with Crippen LogP contribution in [-0.4, -0.2) is 23.9 Å². The highest BCUT2D eigenvalue weighted by Gasteiger charge is 2.47. The smallest absolute Gasteiger partial charge is 0.300 e. The Morgan fingerprint density at radius 3 is 2.19 bits per heavy atom. The number of benzene rings is 3. The number of carbonyl (C=O) groups is 2. The average molecular weight is 428 g/mol. The van der Waals surface area contributed by atoms with Crippen LogP contribution >= 0.6 is 0 Å². The summed E-state index contributed by atoms with van der Waals surface area (Å²) in [6.45, 7) is 5.74. The third-order valence-electron chi connectivity index (χ3n) is 5.75. The van der Waals surface area contributed by atoms with Crippen molar-refractivity contribution in [3.63, 3.8) is 0 Å². The van der Waals surface area contributed by atoms with Crippen LogP contribution in [0.25, 0.3) is 5.76 Å². The van der Waals surface area contributed by atoms with Gasteiger partial charge in [0, 0.05) is 5.69 Å². The quantitative estimate of drug-likeness (QED) is 0.351. The molecule has 1 N–H and O–H groups in total. The first-order valence-electron chi connectivity index (χ1n) is 10.4. The number of carbonyl (C=O) groups excluding carboxylic acids is 2. The summed E-state index contributed by atoms with van der Waals surface area (Å²) in [4.78, 5) is 27.9. The summed E-state index contributed by atoms with van der Waals surface area (Å²) in [6, 6.07) is 19.6. The van der Waals surface area contributed by atoms with Crippen molar-refractivity contribution >= 4 is 23.1 Å². The zero-order chi connectivity index (χ0) is 23.0. The van der Waals surface area contributed by atoms with Gasteiger partial charge in [-0.25, -0.2) is 0 Å². The molecular formula is C27H25NO4. The summed E-state index contributed by atoms with van der Waals surface area (Å²) in [5, 5.41) is 11.4. The van der Waals surface area contributed by atoms with Gasteiger partial charge < -0.3 is 9.84 Å². The third kappa shape index (κ3) is 3.56. The Labute approximate surface area is 187 Å². The van der Waals surface area contributed by atoms with E-state index < -0.39 is 17.7 Å². The molecule has 0 saturated carbocycles. The van der Waals surface area contributed by atoms with Gasteiger partial charge >= 0.3 is 0 Å². The van der Waals surface area contributed by atoms with Gasteiger partial charge in [0.25, 0.3) is 11.7 Å². The number of nitrogens with zero attached hydrogens (tertiary/aromatic N) is 1. The standard InChI is InChI=1S/C27H25NO4/c1-16-10-12-20(13-11-16)28-23(19-8-6-5-7-9-19)22(25(30)27(28)31)24(29)21-15-17(2)14-18(3)26(21)32-4/h5-15,23,29H,1-4H3/b24-22+. The highest BCUT2D eigenvalue weighted by Crippen LogP contribution is 2.43. The van der Waals surface area contributed by atoms with Crippen molar-refractivity contribution in [3.05, 3.63) is 100 Å². The maximum atomic E-state index is 13.3. The van der Waals surface area contributed by atoms with Gasteiger partial charge in [0.2, 0.25) is 0 Å². The Balaban J connectivity index is 1.99. The average Bonchev–Trinajstić information content (AvgIpc) is 3.04. The SMILES string of the molecule is COc1c(C)cc(C)cc1/C(O)=C1\C(=O)C(=O)N(c2ccc(C)cc2)C1c1ccccc1. The minimum absolute atomic E-state index is 0.0464. The number of aliphatic hydroxyl groups is 1. The van der Waals surface area contributed by atoms with Crippen molar-refractivity contribution in [1.29, 1.82) is 0 Å². The summed E-state index contributed by atoms with van der Waals surface area (Å²) >= 11 is 0. The van der Waals surface area contributed by atoms with Gasteiger partial charge in [0.1, 0.15) is 11.5 Å². The number of ketones is 1. The van der Waals surface area contributed by atoms with Crippen molar-refractivity contribution in [3.8, 4) is 5.75 Å². The van der Waals surface area contributed by atoms with Crippen LogP contribution in [0, 0.1) is 20.8 Å². The van der Waals surface area contributed by atoms with Crippen molar-refractivity contribution in [2.75, 3.05) is 12.0 Å². The van der Waals surface area contributed by atoms with E-state index in [1.165, 1.54) is 12.0 Å². The first-order chi connectivity index (χ1) is 15.3. The monoisotopic (exact) mass is 427 g/mol. The maximum absolute atomic E-state index is 13.3. The predicted octanol–water partition coefficient (Wildman–Crippen LogP) is 5.25. The number of amides is 1. The van der Waals surface area contributed by atoms with Crippen LogP contribution in [0.4, 0.5) is 5.69 Å². The maximum Gasteiger partial charge on any atom is 0.300 e. The van der Waals surface area contributed by atoms with E-state index in [1.807, 2.05) is 81.4 Å². The molecule has 0 spiro atoms. The molecule has 162 valence electrons. The zero-order valence-electron chi connectivity index (χ0n) is 18.5. The molecule has 3 aromatic carbocycles. The van der Waals surface area contributed by atoms with Gasteiger partial charge in [-0.15, -0.1) is 0 Å². The highest BCUT2D eigenvalue weighted by atomic mass is 16.5. The first kappa shape index (κ1) is 21.4. The van der Waals surface area contributed by atoms with Crippen LogP contribution in [0.3, 0.4) is 0 Å².